The Balaban J connectivity index is 1.46. The monoisotopic (exact) mass is 832 g/mol. The van der Waals surface area contributed by atoms with Crippen molar-refractivity contribution in [2.45, 2.75) is 173 Å². The molecule has 4 aromatic carbocycles. The lowest BCUT2D eigenvalue weighted by Crippen LogP contribution is -2.35. The van der Waals surface area contributed by atoms with Gasteiger partial charge in [0.1, 0.15) is 7.85 Å². The normalized spacial score (nSPS) is 18.7. The van der Waals surface area contributed by atoms with E-state index >= 15 is 0 Å². The molecule has 0 aliphatic heterocycles. The molecule has 58 heavy (non-hydrogen) atoms. The van der Waals surface area contributed by atoms with E-state index in [1.165, 1.54) is 139 Å². The fraction of sp³-hybridized carbons (Fsp3) is 0.500. The molecule has 0 N–H and O–H groups in total. The van der Waals surface area contributed by atoms with E-state index in [2.05, 4.69) is 168 Å². The molecule has 2 radical (unpaired) electrons. The fourth-order valence-electron chi connectivity index (χ4n) is 11.1. The molecule has 3 aliphatic carbocycles. The van der Waals surface area contributed by atoms with E-state index in [9.17, 15) is 0 Å². The topological polar surface area (TPSA) is 0 Å². The molecule has 2 atom stereocenters. The molecule has 0 fully saturated rings. The highest BCUT2D eigenvalue weighted by molar-refractivity contribution is 9.10. The SMILES string of the molecule is [B]C1=CC2C(C=C1)c1cc3c(cc1C2(c1ccc(C(C)(C)C)cc1)c1ccc(C(C)(C)C)cc1)-c1ccc(Br)cc1C3(CCCCCCCC)CCCCCCCC. The van der Waals surface area contributed by atoms with Crippen molar-refractivity contribution in [2.24, 2.45) is 5.92 Å². The number of hydrogen-bond donors (Lipinski definition) is 0. The predicted octanol–water partition coefficient (Wildman–Crippen LogP) is 16.5. The lowest BCUT2D eigenvalue weighted by molar-refractivity contribution is 0.397. The second-order valence-electron chi connectivity index (χ2n) is 20.3. The van der Waals surface area contributed by atoms with Crippen LogP contribution >= 0.6 is 15.9 Å². The molecule has 7 rings (SSSR count). The van der Waals surface area contributed by atoms with Crippen molar-refractivity contribution in [3.63, 3.8) is 0 Å². The largest absolute Gasteiger partial charge is 0.113 e. The Bertz CT molecular complexity index is 2020. The van der Waals surface area contributed by atoms with Crippen molar-refractivity contribution in [3.8, 4) is 11.1 Å². The number of allylic oxidation sites excluding steroid dienone is 4. The Morgan fingerprint density at radius 1 is 0.569 bits per heavy atom. The zero-order chi connectivity index (χ0) is 41.3. The van der Waals surface area contributed by atoms with E-state index in [-0.39, 0.29) is 28.1 Å². The van der Waals surface area contributed by atoms with Gasteiger partial charge in [-0.2, -0.15) is 0 Å². The van der Waals surface area contributed by atoms with Crippen LogP contribution in [0.3, 0.4) is 0 Å². The molecule has 0 amide bonds. The minimum atomic E-state index is -0.406. The summed E-state index contributed by atoms with van der Waals surface area (Å²) < 4.78 is 1.20. The van der Waals surface area contributed by atoms with Crippen LogP contribution in [-0.2, 0) is 21.7 Å². The summed E-state index contributed by atoms with van der Waals surface area (Å²) in [5.41, 5.74) is 15.0. The zero-order valence-electron chi connectivity index (χ0n) is 37.2. The third-order valence-electron chi connectivity index (χ3n) is 14.4. The van der Waals surface area contributed by atoms with Gasteiger partial charge in [-0.15, -0.1) is 5.47 Å². The van der Waals surface area contributed by atoms with Gasteiger partial charge >= 0.3 is 0 Å². The van der Waals surface area contributed by atoms with Crippen molar-refractivity contribution < 1.29 is 0 Å². The Morgan fingerprint density at radius 3 is 1.59 bits per heavy atom. The molecule has 304 valence electrons. The molecular formula is C56H70BBr. The lowest BCUT2D eigenvalue weighted by Gasteiger charge is -2.40. The number of fused-ring (bicyclic) bond motifs is 6. The van der Waals surface area contributed by atoms with Crippen molar-refractivity contribution in [2.75, 3.05) is 0 Å². The number of rotatable bonds is 16. The van der Waals surface area contributed by atoms with Crippen LogP contribution in [0, 0.1) is 5.92 Å². The minimum Gasteiger partial charge on any atom is -0.101 e. The second kappa shape index (κ2) is 17.5. The molecule has 0 aromatic heterocycles. The molecule has 0 saturated carbocycles. The van der Waals surface area contributed by atoms with E-state index in [1.807, 2.05) is 0 Å². The van der Waals surface area contributed by atoms with E-state index in [0.29, 0.717) is 0 Å². The fourth-order valence-corrected chi connectivity index (χ4v) is 11.5. The molecule has 4 aromatic rings. The van der Waals surface area contributed by atoms with E-state index in [4.69, 9.17) is 7.85 Å². The zero-order valence-corrected chi connectivity index (χ0v) is 38.8. The summed E-state index contributed by atoms with van der Waals surface area (Å²) >= 11 is 3.98. The number of hydrogen-bond acceptors (Lipinski definition) is 0. The molecule has 2 unspecified atom stereocenters. The first-order chi connectivity index (χ1) is 27.8. The lowest BCUT2D eigenvalue weighted by atomic mass is 9.61. The second-order valence-corrected chi connectivity index (χ2v) is 21.2. The van der Waals surface area contributed by atoms with Crippen molar-refractivity contribution in [1.29, 1.82) is 0 Å². The van der Waals surface area contributed by atoms with Gasteiger partial charge in [0, 0.05) is 21.7 Å². The van der Waals surface area contributed by atoms with Crippen LogP contribution in [-0.4, -0.2) is 7.85 Å². The van der Waals surface area contributed by atoms with Gasteiger partial charge in [0.25, 0.3) is 0 Å². The third-order valence-corrected chi connectivity index (χ3v) is 14.9. The summed E-state index contributed by atoms with van der Waals surface area (Å²) in [6, 6.07) is 32.0. The smallest absolute Gasteiger partial charge is 0.101 e. The molecule has 0 spiro atoms. The highest BCUT2D eigenvalue weighted by atomic mass is 79.9. The maximum absolute atomic E-state index is 6.85. The molecule has 2 heteroatoms. The molecule has 3 aliphatic rings. The van der Waals surface area contributed by atoms with Gasteiger partial charge in [-0.1, -0.05) is 227 Å². The average Bonchev–Trinajstić information content (AvgIpc) is 3.62. The summed E-state index contributed by atoms with van der Waals surface area (Å²) in [5, 5.41) is 0. The van der Waals surface area contributed by atoms with Gasteiger partial charge < -0.3 is 0 Å². The van der Waals surface area contributed by atoms with Gasteiger partial charge in [-0.25, -0.2) is 0 Å². The van der Waals surface area contributed by atoms with Crippen LogP contribution in [0.4, 0.5) is 0 Å². The maximum Gasteiger partial charge on any atom is 0.113 e. The van der Waals surface area contributed by atoms with E-state index < -0.39 is 5.41 Å². The highest BCUT2D eigenvalue weighted by Crippen LogP contribution is 2.64. The number of halogens is 1. The Labute approximate surface area is 363 Å². The quantitative estimate of drug-likeness (QED) is 0.0779. The first-order valence-electron chi connectivity index (χ1n) is 23.1. The van der Waals surface area contributed by atoms with Crippen LogP contribution in [0.25, 0.3) is 11.1 Å². The van der Waals surface area contributed by atoms with Gasteiger partial charge in [-0.3, -0.25) is 0 Å². The predicted molar refractivity (Wildman–Crippen MR) is 256 cm³/mol. The van der Waals surface area contributed by atoms with Crippen molar-refractivity contribution >= 4 is 23.8 Å². The summed E-state index contributed by atoms with van der Waals surface area (Å²) in [7, 11) is 6.85. The summed E-state index contributed by atoms with van der Waals surface area (Å²) in [5.74, 6) is 0.389. The molecular weight excluding hydrogens is 763 g/mol. The van der Waals surface area contributed by atoms with Crippen LogP contribution in [0.2, 0.25) is 0 Å². The molecule has 0 bridgehead atoms. The highest BCUT2D eigenvalue weighted by Gasteiger charge is 2.55. The number of unbranched alkanes of at least 4 members (excludes halogenated alkanes) is 10. The Kier molecular flexibility index (Phi) is 13.0. The van der Waals surface area contributed by atoms with Gasteiger partial charge in [0.15, 0.2) is 0 Å². The van der Waals surface area contributed by atoms with Crippen LogP contribution in [0.15, 0.2) is 107 Å². The third kappa shape index (κ3) is 8.07. The van der Waals surface area contributed by atoms with Crippen molar-refractivity contribution in [1.82, 2.24) is 0 Å². The summed E-state index contributed by atoms with van der Waals surface area (Å²) in [6.45, 7) is 18.6. The van der Waals surface area contributed by atoms with Crippen LogP contribution in [0.5, 0.6) is 0 Å². The average molecular weight is 834 g/mol. The Morgan fingerprint density at radius 2 is 1.07 bits per heavy atom. The van der Waals surface area contributed by atoms with E-state index in [1.54, 1.807) is 11.1 Å². The van der Waals surface area contributed by atoms with Crippen LogP contribution in [0.1, 0.15) is 196 Å². The van der Waals surface area contributed by atoms with Gasteiger partial charge in [0.05, 0.1) is 5.41 Å². The first-order valence-corrected chi connectivity index (χ1v) is 23.9. The van der Waals surface area contributed by atoms with E-state index in [0.717, 1.165) is 5.47 Å². The van der Waals surface area contributed by atoms with Gasteiger partial charge in [-0.05, 0) is 97.5 Å². The minimum absolute atomic E-state index is 0.00962. The molecule has 0 heterocycles. The molecule has 0 nitrogen and oxygen atoms in total. The summed E-state index contributed by atoms with van der Waals surface area (Å²) in [6.07, 6.45) is 25.3. The Hall–Kier alpha value is -3.10. The molecule has 0 saturated heterocycles. The van der Waals surface area contributed by atoms with Crippen LogP contribution < -0.4 is 0 Å². The van der Waals surface area contributed by atoms with Gasteiger partial charge in [0.2, 0.25) is 0 Å². The number of benzene rings is 4. The maximum atomic E-state index is 6.85. The van der Waals surface area contributed by atoms with Crippen molar-refractivity contribution in [3.05, 3.63) is 152 Å². The standard InChI is InChI=1S/C56H70BBr/c1-9-11-13-15-17-19-33-55(34-20-18-16-14-12-10-2)49-36-44(58)30-32-45(49)47-38-52-48(37-50(47)55)46-31-29-43(57)35-51(46)56(52,41-25-21-39(22-26-41)53(3,4)5)42-27-23-40(24-28-42)54(6,7)8/h21-32,35-38,46,51H,9-20,33-34H2,1-8H3. The first kappa shape index (κ1) is 43.0. The summed E-state index contributed by atoms with van der Waals surface area (Å²) in [4.78, 5) is 0.